The van der Waals surface area contributed by atoms with Gasteiger partial charge in [-0.15, -0.1) is 0 Å². The molecule has 1 aromatic rings. The molecule has 8 heteroatoms. The molecule has 1 aromatic carbocycles. The van der Waals surface area contributed by atoms with Crippen molar-refractivity contribution >= 4 is 37.5 Å². The van der Waals surface area contributed by atoms with E-state index in [1.54, 1.807) is 6.07 Å². The summed E-state index contributed by atoms with van der Waals surface area (Å²) in [5.41, 5.74) is 0.0642. The van der Waals surface area contributed by atoms with Gasteiger partial charge in [-0.25, -0.2) is 17.9 Å². The first-order chi connectivity index (χ1) is 8.29. The predicted molar refractivity (Wildman–Crippen MR) is 68.0 cm³/mol. The van der Waals surface area contributed by atoms with Crippen molar-refractivity contribution in [2.75, 3.05) is 11.4 Å². The first-order valence-electron chi connectivity index (χ1n) is 5.06. The molecular weight excluding hydrogens is 327 g/mol. The van der Waals surface area contributed by atoms with Gasteiger partial charge in [0, 0.05) is 17.4 Å². The molecule has 1 unspecified atom stereocenters. The molecule has 1 aliphatic heterocycles. The largest absolute Gasteiger partial charge is 0.308 e. The third-order valence-electron chi connectivity index (χ3n) is 2.75. The molecule has 2 N–H and O–H groups in total. The molecule has 1 saturated heterocycles. The Hall–Kier alpha value is -0.990. The Kier molecular flexibility index (Phi) is 3.43. The number of anilines is 1. The number of nitrogens with two attached hydrogens (primary N) is 1. The number of nitrogens with zero attached hydrogens (tertiary/aromatic N) is 1. The minimum atomic E-state index is -3.79. The van der Waals surface area contributed by atoms with Crippen LogP contribution in [-0.2, 0) is 14.8 Å². The molecule has 0 bridgehead atoms. The lowest BCUT2D eigenvalue weighted by molar-refractivity contribution is -0.117. The molecule has 1 amide bonds. The van der Waals surface area contributed by atoms with Crippen molar-refractivity contribution in [1.29, 1.82) is 0 Å². The Morgan fingerprint density at radius 3 is 2.61 bits per heavy atom. The van der Waals surface area contributed by atoms with Gasteiger partial charge < -0.3 is 4.90 Å². The van der Waals surface area contributed by atoms with Gasteiger partial charge in [0.25, 0.3) is 0 Å². The SMILES string of the molecule is NS(=O)(=O)C1CC(=O)N(c2ccc(Br)cc2F)C1. The number of primary sulfonamides is 1. The number of amides is 1. The molecule has 0 spiro atoms. The summed E-state index contributed by atoms with van der Waals surface area (Å²) in [5.74, 6) is -1.04. The van der Waals surface area contributed by atoms with Gasteiger partial charge in [0.2, 0.25) is 15.9 Å². The number of benzene rings is 1. The van der Waals surface area contributed by atoms with E-state index in [0.717, 1.165) is 4.90 Å². The van der Waals surface area contributed by atoms with Crippen LogP contribution in [0.1, 0.15) is 6.42 Å². The van der Waals surface area contributed by atoms with Crippen LogP contribution in [0.4, 0.5) is 10.1 Å². The fraction of sp³-hybridized carbons (Fsp3) is 0.300. The lowest BCUT2D eigenvalue weighted by Gasteiger charge is -2.17. The number of hydrogen-bond acceptors (Lipinski definition) is 3. The van der Waals surface area contributed by atoms with Crippen molar-refractivity contribution in [3.8, 4) is 0 Å². The van der Waals surface area contributed by atoms with Crippen LogP contribution >= 0.6 is 15.9 Å². The Morgan fingerprint density at radius 1 is 1.44 bits per heavy atom. The standard InChI is InChI=1S/C10H10BrFN2O3S/c11-6-1-2-9(8(12)3-6)14-5-7(4-10(14)15)18(13,16)17/h1-3,7H,4-5H2,(H2,13,16,17). The van der Waals surface area contributed by atoms with Crippen LogP contribution in [0.2, 0.25) is 0 Å². The molecule has 0 aromatic heterocycles. The van der Waals surface area contributed by atoms with Gasteiger partial charge in [0.15, 0.2) is 0 Å². The molecule has 0 saturated carbocycles. The zero-order valence-electron chi connectivity index (χ0n) is 9.14. The first kappa shape index (κ1) is 13.4. The molecule has 0 aliphatic carbocycles. The van der Waals surface area contributed by atoms with Gasteiger partial charge in [-0.1, -0.05) is 15.9 Å². The molecule has 1 aliphatic rings. The Labute approximate surface area is 112 Å². The molecule has 2 rings (SSSR count). The molecule has 0 radical (unpaired) electrons. The summed E-state index contributed by atoms with van der Waals surface area (Å²) in [6.45, 7) is -0.115. The van der Waals surface area contributed by atoms with Crippen LogP contribution in [0.25, 0.3) is 0 Å². The van der Waals surface area contributed by atoms with E-state index in [1.165, 1.54) is 12.1 Å². The van der Waals surface area contributed by atoms with Crippen LogP contribution in [-0.4, -0.2) is 26.1 Å². The molecule has 5 nitrogen and oxygen atoms in total. The fourth-order valence-corrected chi connectivity index (χ4v) is 2.89. The summed E-state index contributed by atoms with van der Waals surface area (Å²) in [6.07, 6.45) is -0.214. The van der Waals surface area contributed by atoms with E-state index < -0.39 is 27.0 Å². The number of rotatable bonds is 2. The molecule has 1 heterocycles. The van der Waals surface area contributed by atoms with Gasteiger partial charge in [-0.05, 0) is 18.2 Å². The van der Waals surface area contributed by atoms with Gasteiger partial charge in [0.05, 0.1) is 5.69 Å². The third kappa shape index (κ3) is 2.55. The summed E-state index contributed by atoms with van der Waals surface area (Å²) >= 11 is 3.10. The number of halogens is 2. The molecule has 1 fully saturated rings. The summed E-state index contributed by atoms with van der Waals surface area (Å²) in [4.78, 5) is 12.8. The Balaban J connectivity index is 2.33. The van der Waals surface area contributed by atoms with Crippen LogP contribution in [0.5, 0.6) is 0 Å². The monoisotopic (exact) mass is 336 g/mol. The average molecular weight is 337 g/mol. The molecule has 1 atom stereocenters. The topological polar surface area (TPSA) is 80.5 Å². The second-order valence-corrected chi connectivity index (χ2v) is 6.78. The number of hydrogen-bond donors (Lipinski definition) is 1. The van der Waals surface area contributed by atoms with E-state index in [4.69, 9.17) is 5.14 Å². The first-order valence-corrected chi connectivity index (χ1v) is 7.46. The van der Waals surface area contributed by atoms with E-state index in [2.05, 4.69) is 15.9 Å². The highest BCUT2D eigenvalue weighted by molar-refractivity contribution is 9.10. The van der Waals surface area contributed by atoms with Gasteiger partial charge in [-0.2, -0.15) is 0 Å². The van der Waals surface area contributed by atoms with Crippen molar-refractivity contribution in [2.45, 2.75) is 11.7 Å². The second-order valence-electron chi connectivity index (χ2n) is 4.02. The zero-order chi connectivity index (χ0) is 13.5. The zero-order valence-corrected chi connectivity index (χ0v) is 11.5. The maximum absolute atomic E-state index is 13.7. The highest BCUT2D eigenvalue weighted by atomic mass is 79.9. The maximum Gasteiger partial charge on any atom is 0.228 e. The number of sulfonamides is 1. The van der Waals surface area contributed by atoms with Gasteiger partial charge in [0.1, 0.15) is 11.1 Å². The highest BCUT2D eigenvalue weighted by Gasteiger charge is 2.38. The average Bonchev–Trinajstić information content (AvgIpc) is 2.60. The lowest BCUT2D eigenvalue weighted by Crippen LogP contribution is -2.32. The van der Waals surface area contributed by atoms with E-state index in [9.17, 15) is 17.6 Å². The molecule has 18 heavy (non-hydrogen) atoms. The minimum absolute atomic E-state index is 0.0642. The fourth-order valence-electron chi connectivity index (χ4n) is 1.83. The van der Waals surface area contributed by atoms with Crippen LogP contribution in [0.15, 0.2) is 22.7 Å². The molecular formula is C10H10BrFN2O3S. The number of carbonyl (C=O) groups excluding carboxylic acids is 1. The van der Waals surface area contributed by atoms with Crippen molar-refractivity contribution in [3.05, 3.63) is 28.5 Å². The van der Waals surface area contributed by atoms with Crippen molar-refractivity contribution in [1.82, 2.24) is 0 Å². The van der Waals surface area contributed by atoms with Crippen molar-refractivity contribution < 1.29 is 17.6 Å². The van der Waals surface area contributed by atoms with Crippen molar-refractivity contribution in [3.63, 3.8) is 0 Å². The smallest absolute Gasteiger partial charge is 0.228 e. The van der Waals surface area contributed by atoms with Crippen LogP contribution in [0, 0.1) is 5.82 Å². The number of carbonyl (C=O) groups is 1. The highest BCUT2D eigenvalue weighted by Crippen LogP contribution is 2.28. The molecule has 98 valence electrons. The summed E-state index contributed by atoms with van der Waals surface area (Å²) < 4.78 is 36.6. The summed E-state index contributed by atoms with van der Waals surface area (Å²) in [7, 11) is -3.79. The Morgan fingerprint density at radius 2 is 2.11 bits per heavy atom. The van der Waals surface area contributed by atoms with Crippen LogP contribution in [0.3, 0.4) is 0 Å². The maximum atomic E-state index is 13.7. The van der Waals surface area contributed by atoms with E-state index in [1.807, 2.05) is 0 Å². The Bertz CT molecular complexity index is 605. The van der Waals surface area contributed by atoms with E-state index in [-0.39, 0.29) is 18.7 Å². The normalized spacial score (nSPS) is 20.5. The lowest BCUT2D eigenvalue weighted by atomic mass is 10.3. The summed E-state index contributed by atoms with van der Waals surface area (Å²) in [6, 6.07) is 4.21. The van der Waals surface area contributed by atoms with Crippen LogP contribution < -0.4 is 10.0 Å². The second kappa shape index (κ2) is 4.60. The van der Waals surface area contributed by atoms with E-state index in [0.29, 0.717) is 4.47 Å². The van der Waals surface area contributed by atoms with Gasteiger partial charge >= 0.3 is 0 Å². The van der Waals surface area contributed by atoms with Gasteiger partial charge in [-0.3, -0.25) is 4.79 Å². The van der Waals surface area contributed by atoms with E-state index >= 15 is 0 Å². The third-order valence-corrected chi connectivity index (χ3v) is 4.49. The minimum Gasteiger partial charge on any atom is -0.308 e. The quantitative estimate of drug-likeness (QED) is 0.874. The van der Waals surface area contributed by atoms with Crippen molar-refractivity contribution in [2.24, 2.45) is 5.14 Å². The predicted octanol–water partition coefficient (Wildman–Crippen LogP) is 0.982. The summed E-state index contributed by atoms with van der Waals surface area (Å²) in [5, 5.41) is 4.02.